The summed E-state index contributed by atoms with van der Waals surface area (Å²) in [6, 6.07) is 0. The third-order valence-electron chi connectivity index (χ3n) is 11.8. The number of hydrogen-bond acceptors (Lipinski definition) is 8. The number of ether oxygens (including phenoxy) is 2. The fourth-order valence-electron chi connectivity index (χ4n) is 7.39. The van der Waals surface area contributed by atoms with Crippen LogP contribution in [0.3, 0.4) is 0 Å². The van der Waals surface area contributed by atoms with E-state index in [4.69, 9.17) is 24.3 Å². The molecule has 0 aromatic heterocycles. The van der Waals surface area contributed by atoms with Crippen LogP contribution in [-0.4, -0.2) is 49.3 Å². The van der Waals surface area contributed by atoms with Crippen molar-refractivity contribution in [3.63, 3.8) is 0 Å². The van der Waals surface area contributed by atoms with Gasteiger partial charge in [-0.05, 0) is 135 Å². The number of esters is 2. The summed E-state index contributed by atoms with van der Waals surface area (Å²) >= 11 is 0. The van der Waals surface area contributed by atoms with Gasteiger partial charge >= 0.3 is 19.8 Å². The molecule has 0 aromatic rings. The molecule has 0 aromatic carbocycles. The first-order chi connectivity index (χ1) is 38.8. The van der Waals surface area contributed by atoms with Gasteiger partial charge in [0.25, 0.3) is 0 Å². The molecule has 0 saturated carbocycles. The molecule has 9 nitrogen and oxygen atoms in total. The van der Waals surface area contributed by atoms with Crippen LogP contribution in [-0.2, 0) is 32.7 Å². The highest BCUT2D eigenvalue weighted by atomic mass is 31.2. The molecule has 3 N–H and O–H groups in total. The van der Waals surface area contributed by atoms with Crippen molar-refractivity contribution in [2.75, 3.05) is 26.4 Å². The largest absolute Gasteiger partial charge is 0.472 e. The molecule has 0 aliphatic carbocycles. The Kier molecular flexibility index (Phi) is 58.5. The smallest absolute Gasteiger partial charge is 0.462 e. The Hall–Kier alpha value is -4.89. The molecule has 0 spiro atoms. The zero-order chi connectivity index (χ0) is 57.3. The topological polar surface area (TPSA) is 134 Å². The molecule has 10 heteroatoms. The maximum Gasteiger partial charge on any atom is 0.472 e. The Morgan fingerprint density at radius 1 is 0.380 bits per heavy atom. The Morgan fingerprint density at radius 3 is 0.987 bits per heavy atom. The summed E-state index contributed by atoms with van der Waals surface area (Å²) in [4.78, 5) is 35.2. The maximum atomic E-state index is 12.7. The van der Waals surface area contributed by atoms with Crippen LogP contribution in [0.25, 0.3) is 0 Å². The van der Waals surface area contributed by atoms with Crippen molar-refractivity contribution in [2.45, 2.75) is 213 Å². The second-order valence-corrected chi connectivity index (χ2v) is 20.6. The molecule has 2 atom stereocenters. The molecule has 2 unspecified atom stereocenters. The lowest BCUT2D eigenvalue weighted by atomic mass is 10.1. The van der Waals surface area contributed by atoms with Gasteiger partial charge in [-0.3, -0.25) is 18.6 Å². The Bertz CT molecular complexity index is 1940. The van der Waals surface area contributed by atoms with Crippen LogP contribution in [0.5, 0.6) is 0 Å². The lowest BCUT2D eigenvalue weighted by molar-refractivity contribution is -0.161. The Balaban J connectivity index is 4.14. The first kappa shape index (κ1) is 74.1. The summed E-state index contributed by atoms with van der Waals surface area (Å²) in [5.41, 5.74) is 5.38. The lowest BCUT2D eigenvalue weighted by Crippen LogP contribution is -2.29. The van der Waals surface area contributed by atoms with Crippen molar-refractivity contribution in [1.82, 2.24) is 0 Å². The van der Waals surface area contributed by atoms with E-state index < -0.39 is 32.5 Å². The van der Waals surface area contributed by atoms with E-state index in [9.17, 15) is 19.0 Å². The number of phosphoric ester groups is 1. The summed E-state index contributed by atoms with van der Waals surface area (Å²) in [6.07, 6.45) is 93.7. The SMILES string of the molecule is CC/C=C\C/C=C\C/C=C\C/C=C\C/C=C\C/C=C\C/C=C\C/C=C\C/C=C\CCCCCC(=O)OC(COC(=O)CCCCCCCCCC/C=C\C/C=C\C/C=C\C/C=C\C/C=C\C/C=C\CC)COP(=O)(O)OCCN. The number of phosphoric acid groups is 1. The minimum absolute atomic E-state index is 0.0354. The molecular weight excluding hydrogens is 1000 g/mol. The number of carbonyl (C=O) groups excluding carboxylic acids is 2. The average Bonchev–Trinajstić information content (AvgIpc) is 3.44. The van der Waals surface area contributed by atoms with Gasteiger partial charge in [0, 0.05) is 19.4 Å². The van der Waals surface area contributed by atoms with Crippen molar-refractivity contribution in [3.8, 4) is 0 Å². The maximum absolute atomic E-state index is 12.7. The van der Waals surface area contributed by atoms with E-state index in [0.717, 1.165) is 141 Å². The quantitative estimate of drug-likeness (QED) is 0.0264. The second-order valence-electron chi connectivity index (χ2n) is 19.1. The monoisotopic (exact) mass is 1110 g/mol. The lowest BCUT2D eigenvalue weighted by Gasteiger charge is -2.19. The number of unbranched alkanes of at least 4 members (excludes halogenated alkanes) is 11. The zero-order valence-electron chi connectivity index (χ0n) is 49.3. The molecule has 0 bridgehead atoms. The summed E-state index contributed by atoms with van der Waals surface area (Å²) in [6.45, 7) is 3.44. The first-order valence-corrected chi connectivity index (χ1v) is 31.8. The number of nitrogens with two attached hydrogens (primary N) is 1. The van der Waals surface area contributed by atoms with Gasteiger partial charge in [-0.2, -0.15) is 0 Å². The molecule has 0 heterocycles. The van der Waals surface area contributed by atoms with Crippen molar-refractivity contribution < 1.29 is 37.6 Å². The summed E-state index contributed by atoms with van der Waals surface area (Å²) in [7, 11) is -4.42. The van der Waals surface area contributed by atoms with Gasteiger partial charge in [-0.25, -0.2) is 4.57 Å². The number of hydrogen-bond donors (Lipinski definition) is 2. The number of rotatable bonds is 54. The van der Waals surface area contributed by atoms with Crippen LogP contribution in [0, 0.1) is 0 Å². The third kappa shape index (κ3) is 62.2. The molecule has 0 radical (unpaired) electrons. The van der Waals surface area contributed by atoms with Gasteiger partial charge in [0.2, 0.25) is 0 Å². The molecule has 0 fully saturated rings. The number of carbonyl (C=O) groups is 2. The van der Waals surface area contributed by atoms with Crippen molar-refractivity contribution >= 4 is 19.8 Å². The minimum Gasteiger partial charge on any atom is -0.462 e. The highest BCUT2D eigenvalue weighted by Crippen LogP contribution is 2.43. The number of allylic oxidation sites excluding steroid dienone is 30. The molecule has 442 valence electrons. The molecule has 0 aliphatic rings. The van der Waals surface area contributed by atoms with E-state index in [1.165, 1.54) is 25.7 Å². The van der Waals surface area contributed by atoms with Gasteiger partial charge in [0.05, 0.1) is 13.2 Å². The fraction of sp³-hybridized carbons (Fsp3) is 0.536. The molecular formula is C69H108NO8P. The standard InChI is InChI=1S/C69H108NO8P/c1-3-5-7-9-11-13-15-17-19-21-23-25-27-29-31-32-33-34-36-38-40-42-44-46-48-50-52-54-56-58-60-62-69(72)78-67(66-77-79(73,74)76-64-63-70)65-75-68(71)61-59-57-55-53-51-49-47-45-43-41-39-37-35-30-28-26-24-22-20-18-16-14-12-10-8-6-4-2/h5-8,11-14,17-20,23-26,29-31,33-35,38-41,44,46,50,52,67H,3-4,9-10,15-16,21-22,27-28,32,36-37,42-43,45,47-49,51,53-66,70H2,1-2H3,(H,73,74)/b7-5-,8-6-,13-11-,14-12-,19-17-,20-18-,25-23-,26-24-,31-29-,34-33-,35-30-,40-38-,41-39-,46-44-,52-50-. The predicted octanol–water partition coefficient (Wildman–Crippen LogP) is 19.6. The summed E-state index contributed by atoms with van der Waals surface area (Å²) in [5.74, 6) is -0.892. The van der Waals surface area contributed by atoms with Gasteiger partial charge < -0.3 is 20.1 Å². The van der Waals surface area contributed by atoms with E-state index >= 15 is 0 Å². The van der Waals surface area contributed by atoms with E-state index in [-0.39, 0.29) is 32.6 Å². The highest BCUT2D eigenvalue weighted by molar-refractivity contribution is 7.47. The minimum atomic E-state index is -4.42. The van der Waals surface area contributed by atoms with Gasteiger partial charge in [-0.1, -0.05) is 241 Å². The van der Waals surface area contributed by atoms with Gasteiger partial charge in [-0.15, -0.1) is 0 Å². The Morgan fingerprint density at radius 2 is 0.658 bits per heavy atom. The molecule has 0 amide bonds. The van der Waals surface area contributed by atoms with Gasteiger partial charge in [0.15, 0.2) is 6.10 Å². The van der Waals surface area contributed by atoms with Crippen LogP contribution < -0.4 is 5.73 Å². The van der Waals surface area contributed by atoms with Gasteiger partial charge in [0.1, 0.15) is 6.61 Å². The van der Waals surface area contributed by atoms with Crippen molar-refractivity contribution in [3.05, 3.63) is 182 Å². The highest BCUT2D eigenvalue weighted by Gasteiger charge is 2.26. The molecule has 79 heavy (non-hydrogen) atoms. The van der Waals surface area contributed by atoms with E-state index in [1.807, 2.05) is 0 Å². The van der Waals surface area contributed by atoms with E-state index in [0.29, 0.717) is 12.8 Å². The summed E-state index contributed by atoms with van der Waals surface area (Å²) in [5, 5.41) is 0. The molecule has 0 saturated heterocycles. The zero-order valence-corrected chi connectivity index (χ0v) is 50.2. The van der Waals surface area contributed by atoms with Crippen LogP contribution in [0.2, 0.25) is 0 Å². The normalized spacial score (nSPS) is 14.3. The Labute approximate surface area is 482 Å². The second kappa shape index (κ2) is 62.3. The van der Waals surface area contributed by atoms with Crippen molar-refractivity contribution in [1.29, 1.82) is 0 Å². The fourth-order valence-corrected chi connectivity index (χ4v) is 8.16. The third-order valence-corrected chi connectivity index (χ3v) is 12.8. The van der Waals surface area contributed by atoms with Crippen molar-refractivity contribution in [2.24, 2.45) is 5.73 Å². The van der Waals surface area contributed by atoms with E-state index in [2.05, 4.69) is 196 Å². The van der Waals surface area contributed by atoms with Crippen LogP contribution in [0.1, 0.15) is 206 Å². The first-order valence-electron chi connectivity index (χ1n) is 30.3. The predicted molar refractivity (Wildman–Crippen MR) is 339 cm³/mol. The molecule has 0 rings (SSSR count). The average molecular weight is 1110 g/mol. The van der Waals surface area contributed by atoms with E-state index in [1.54, 1.807) is 0 Å². The summed E-state index contributed by atoms with van der Waals surface area (Å²) < 4.78 is 33.0. The molecule has 0 aliphatic heterocycles. The van der Waals surface area contributed by atoms with Crippen LogP contribution >= 0.6 is 7.82 Å². The van der Waals surface area contributed by atoms with Crippen LogP contribution in [0.15, 0.2) is 182 Å². The van der Waals surface area contributed by atoms with Crippen LogP contribution in [0.4, 0.5) is 0 Å².